The molecule has 1 N–H and O–H groups in total. The Hall–Kier alpha value is -2.00. The molecule has 0 saturated heterocycles. The minimum Gasteiger partial charge on any atom is -0.296 e. The molecule has 124 valence electrons. The fraction of sp³-hybridized carbons (Fsp3) is 0. The van der Waals surface area contributed by atoms with Crippen molar-refractivity contribution in [1.82, 2.24) is 15.2 Å². The third-order valence-electron chi connectivity index (χ3n) is 3.26. The molecule has 0 saturated carbocycles. The molecule has 1 amide bonds. The molecule has 25 heavy (non-hydrogen) atoms. The van der Waals surface area contributed by atoms with E-state index in [1.165, 1.54) is 34.4 Å². The SMILES string of the molecule is O=C(Nc1nnc(Sc2ccnc3ccccc23)s1)c1sccc1Cl. The Morgan fingerprint density at radius 1 is 1.16 bits per heavy atom. The predicted octanol–water partition coefficient (Wildman–Crippen LogP) is 5.20. The molecule has 0 aliphatic heterocycles. The van der Waals surface area contributed by atoms with Crippen molar-refractivity contribution in [2.75, 3.05) is 5.32 Å². The lowest BCUT2D eigenvalue weighted by Crippen LogP contribution is -2.10. The number of fused-ring (bicyclic) bond motifs is 1. The maximum absolute atomic E-state index is 12.2. The number of nitrogens with zero attached hydrogens (tertiary/aromatic N) is 3. The minimum absolute atomic E-state index is 0.276. The van der Waals surface area contributed by atoms with Gasteiger partial charge in [-0.2, -0.15) is 0 Å². The molecule has 4 aromatic rings. The summed E-state index contributed by atoms with van der Waals surface area (Å²) in [6.45, 7) is 0. The van der Waals surface area contributed by atoms with E-state index in [1.807, 2.05) is 30.3 Å². The maximum Gasteiger partial charge on any atom is 0.269 e. The zero-order valence-corrected chi connectivity index (χ0v) is 15.7. The van der Waals surface area contributed by atoms with Gasteiger partial charge in [0.05, 0.1) is 10.5 Å². The van der Waals surface area contributed by atoms with Gasteiger partial charge in [-0.25, -0.2) is 0 Å². The van der Waals surface area contributed by atoms with E-state index in [1.54, 1.807) is 17.6 Å². The van der Waals surface area contributed by atoms with Crippen LogP contribution in [-0.4, -0.2) is 21.1 Å². The molecule has 4 rings (SSSR count). The smallest absolute Gasteiger partial charge is 0.269 e. The second-order valence-electron chi connectivity index (χ2n) is 4.85. The van der Waals surface area contributed by atoms with Gasteiger partial charge in [0.2, 0.25) is 5.13 Å². The number of amides is 1. The van der Waals surface area contributed by atoms with Crippen LogP contribution in [0.2, 0.25) is 5.02 Å². The molecule has 0 aliphatic carbocycles. The number of para-hydroxylation sites is 1. The molecule has 5 nitrogen and oxygen atoms in total. The molecule has 0 fully saturated rings. The average molecular weight is 405 g/mol. The van der Waals surface area contributed by atoms with Crippen molar-refractivity contribution < 1.29 is 4.79 Å². The quantitative estimate of drug-likeness (QED) is 0.473. The molecule has 3 heterocycles. The molecule has 0 spiro atoms. The van der Waals surface area contributed by atoms with Crippen LogP contribution in [0.5, 0.6) is 0 Å². The van der Waals surface area contributed by atoms with E-state index in [0.717, 1.165) is 20.1 Å². The Labute approximate surface area is 160 Å². The number of benzene rings is 1. The van der Waals surface area contributed by atoms with Crippen molar-refractivity contribution in [3.63, 3.8) is 0 Å². The Bertz CT molecular complexity index is 1060. The summed E-state index contributed by atoms with van der Waals surface area (Å²) in [5, 5.41) is 14.6. The number of halogens is 1. The highest BCUT2D eigenvalue weighted by Crippen LogP contribution is 2.35. The fourth-order valence-corrected chi connectivity index (χ4v) is 5.03. The molecule has 0 aliphatic rings. The maximum atomic E-state index is 12.2. The van der Waals surface area contributed by atoms with Gasteiger partial charge in [0.25, 0.3) is 5.91 Å². The van der Waals surface area contributed by atoms with Gasteiger partial charge in [-0.3, -0.25) is 15.1 Å². The minimum atomic E-state index is -0.276. The Kier molecular flexibility index (Phi) is 4.67. The number of hydrogen-bond acceptors (Lipinski definition) is 7. The number of rotatable bonds is 4. The summed E-state index contributed by atoms with van der Waals surface area (Å²) in [7, 11) is 0. The van der Waals surface area contributed by atoms with Gasteiger partial charge in [0, 0.05) is 16.5 Å². The number of thiophene rings is 1. The predicted molar refractivity (Wildman–Crippen MR) is 103 cm³/mol. The van der Waals surface area contributed by atoms with Crippen molar-refractivity contribution in [3.8, 4) is 0 Å². The summed E-state index contributed by atoms with van der Waals surface area (Å²) in [5.41, 5.74) is 0.929. The third-order valence-corrected chi connectivity index (χ3v) is 6.56. The molecule has 0 unspecified atom stereocenters. The van der Waals surface area contributed by atoms with E-state index >= 15 is 0 Å². The first-order valence-corrected chi connectivity index (χ1v) is 9.99. The molecular weight excluding hydrogens is 396 g/mol. The van der Waals surface area contributed by atoms with E-state index in [4.69, 9.17) is 11.6 Å². The highest BCUT2D eigenvalue weighted by molar-refractivity contribution is 8.01. The van der Waals surface area contributed by atoms with Gasteiger partial charge in [-0.05, 0) is 23.6 Å². The van der Waals surface area contributed by atoms with Crippen molar-refractivity contribution in [2.45, 2.75) is 9.24 Å². The summed E-state index contributed by atoms with van der Waals surface area (Å²) >= 11 is 10.1. The molecule has 0 radical (unpaired) electrons. The van der Waals surface area contributed by atoms with Crippen LogP contribution in [-0.2, 0) is 0 Å². The Balaban J connectivity index is 1.53. The Morgan fingerprint density at radius 2 is 2.04 bits per heavy atom. The van der Waals surface area contributed by atoms with Gasteiger partial charge in [-0.1, -0.05) is 52.9 Å². The molecule has 0 atom stereocenters. The second kappa shape index (κ2) is 7.09. The van der Waals surface area contributed by atoms with Crippen LogP contribution in [0.15, 0.2) is 57.2 Å². The van der Waals surface area contributed by atoms with Crippen molar-refractivity contribution in [2.24, 2.45) is 0 Å². The van der Waals surface area contributed by atoms with E-state index < -0.39 is 0 Å². The number of anilines is 1. The summed E-state index contributed by atoms with van der Waals surface area (Å²) in [6, 6.07) is 11.6. The van der Waals surface area contributed by atoms with Gasteiger partial charge in [0.15, 0.2) is 4.34 Å². The lowest BCUT2D eigenvalue weighted by Gasteiger charge is -2.02. The molecular formula is C16H9ClN4OS3. The summed E-state index contributed by atoms with van der Waals surface area (Å²) in [4.78, 5) is 18.0. The second-order valence-corrected chi connectivity index (χ2v) is 8.44. The van der Waals surface area contributed by atoms with E-state index in [2.05, 4.69) is 20.5 Å². The number of pyridine rings is 1. The van der Waals surface area contributed by atoms with Crippen LogP contribution < -0.4 is 5.32 Å². The number of carbonyl (C=O) groups is 1. The molecule has 0 bridgehead atoms. The molecule has 1 aromatic carbocycles. The van der Waals surface area contributed by atoms with Gasteiger partial charge in [0.1, 0.15) is 4.88 Å². The zero-order valence-electron chi connectivity index (χ0n) is 12.5. The van der Waals surface area contributed by atoms with E-state index in [0.29, 0.717) is 15.0 Å². The van der Waals surface area contributed by atoms with Crippen LogP contribution in [0, 0.1) is 0 Å². The van der Waals surface area contributed by atoms with Crippen LogP contribution in [0.25, 0.3) is 10.9 Å². The monoisotopic (exact) mass is 404 g/mol. The number of carbonyl (C=O) groups excluding carboxylic acids is 1. The normalized spacial score (nSPS) is 10.9. The van der Waals surface area contributed by atoms with E-state index in [-0.39, 0.29) is 5.91 Å². The first-order valence-electron chi connectivity index (χ1n) is 7.10. The number of hydrogen-bond donors (Lipinski definition) is 1. The summed E-state index contributed by atoms with van der Waals surface area (Å²) < 4.78 is 0.740. The van der Waals surface area contributed by atoms with Gasteiger partial charge < -0.3 is 0 Å². The van der Waals surface area contributed by atoms with Crippen LogP contribution in [0.4, 0.5) is 5.13 Å². The van der Waals surface area contributed by atoms with Crippen molar-refractivity contribution in [3.05, 3.63) is 57.9 Å². The zero-order chi connectivity index (χ0) is 17.2. The molecule has 3 aromatic heterocycles. The fourth-order valence-electron chi connectivity index (χ4n) is 2.16. The van der Waals surface area contributed by atoms with Gasteiger partial charge >= 0.3 is 0 Å². The highest BCUT2D eigenvalue weighted by Gasteiger charge is 2.15. The molecule has 9 heteroatoms. The largest absolute Gasteiger partial charge is 0.296 e. The standard InChI is InChI=1S/C16H9ClN4OS3/c17-10-6-8-23-13(10)14(22)19-15-20-21-16(25-15)24-12-5-7-18-11-4-2-1-3-9(11)12/h1-8H,(H,19,20,22). The average Bonchev–Trinajstić information content (AvgIpc) is 3.24. The Morgan fingerprint density at radius 3 is 2.88 bits per heavy atom. The summed E-state index contributed by atoms with van der Waals surface area (Å²) in [5.74, 6) is -0.276. The van der Waals surface area contributed by atoms with Crippen LogP contribution in [0.1, 0.15) is 9.67 Å². The van der Waals surface area contributed by atoms with Crippen LogP contribution in [0.3, 0.4) is 0 Å². The van der Waals surface area contributed by atoms with Gasteiger partial charge in [-0.15, -0.1) is 21.5 Å². The van der Waals surface area contributed by atoms with Crippen molar-refractivity contribution in [1.29, 1.82) is 0 Å². The van der Waals surface area contributed by atoms with E-state index in [9.17, 15) is 4.79 Å². The topological polar surface area (TPSA) is 67.8 Å². The first-order chi connectivity index (χ1) is 12.2. The van der Waals surface area contributed by atoms with Crippen LogP contribution >= 0.6 is 46.0 Å². The van der Waals surface area contributed by atoms with Crippen molar-refractivity contribution >= 4 is 68.0 Å². The summed E-state index contributed by atoms with van der Waals surface area (Å²) in [6.07, 6.45) is 1.77. The highest BCUT2D eigenvalue weighted by atomic mass is 35.5. The number of aromatic nitrogens is 3. The third kappa shape index (κ3) is 3.52. The first kappa shape index (κ1) is 16.5. The lowest BCUT2D eigenvalue weighted by atomic mass is 10.2. The lowest BCUT2D eigenvalue weighted by molar-refractivity contribution is 0.103. The number of nitrogens with one attached hydrogen (secondary N) is 1.